The maximum absolute atomic E-state index is 11.0. The summed E-state index contributed by atoms with van der Waals surface area (Å²) in [4.78, 5) is 10.5. The largest absolute Gasteiger partial charge is 0.375 e. The van der Waals surface area contributed by atoms with Gasteiger partial charge >= 0.3 is 0 Å². The minimum Gasteiger partial charge on any atom is -0.375 e. The van der Waals surface area contributed by atoms with Crippen molar-refractivity contribution in [3.8, 4) is 10.4 Å². The number of pyridine rings is 1. The first-order valence-corrected chi connectivity index (χ1v) is 9.84. The van der Waals surface area contributed by atoms with Crippen molar-refractivity contribution in [2.24, 2.45) is 0 Å². The zero-order chi connectivity index (χ0) is 18.2. The number of anilines is 1. The molecule has 25 heavy (non-hydrogen) atoms. The van der Waals surface area contributed by atoms with Crippen LogP contribution in [0, 0.1) is 6.92 Å². The second-order valence-electron chi connectivity index (χ2n) is 5.14. The van der Waals surface area contributed by atoms with Gasteiger partial charge in [0.1, 0.15) is 11.0 Å². The summed E-state index contributed by atoms with van der Waals surface area (Å²) in [6, 6.07) is 13.4. The molecule has 0 bridgehead atoms. The van der Waals surface area contributed by atoms with Crippen molar-refractivity contribution in [2.75, 3.05) is 12.8 Å². The topological polar surface area (TPSA) is 80.9 Å². The fraction of sp³-hybridized carbons (Fsp3) is 0.222. The highest BCUT2D eigenvalue weighted by molar-refractivity contribution is 7.83. The number of hydrogen-bond acceptors (Lipinski definition) is 5. The quantitative estimate of drug-likeness (QED) is 0.731. The van der Waals surface area contributed by atoms with Gasteiger partial charge in [0, 0.05) is 17.5 Å². The molecule has 1 atom stereocenters. The van der Waals surface area contributed by atoms with Crippen molar-refractivity contribution in [3.05, 3.63) is 60.0 Å². The average molecular weight is 375 g/mol. The minimum absolute atomic E-state index is 0.613. The Kier molecular flexibility index (Phi) is 7.24. The van der Waals surface area contributed by atoms with E-state index in [-0.39, 0.29) is 0 Å². The normalized spacial score (nSPS) is 11.5. The molecule has 0 aliphatic heterocycles. The van der Waals surface area contributed by atoms with E-state index in [1.54, 1.807) is 7.05 Å². The lowest BCUT2D eigenvalue weighted by Gasteiger charge is -1.99. The predicted molar refractivity (Wildman–Crippen MR) is 106 cm³/mol. The van der Waals surface area contributed by atoms with Gasteiger partial charge in [-0.1, -0.05) is 42.5 Å². The van der Waals surface area contributed by atoms with Crippen LogP contribution in [0.1, 0.15) is 18.3 Å². The number of rotatable bonds is 4. The Bertz CT molecular complexity index is 817. The first-order valence-electron chi connectivity index (χ1n) is 7.87. The Hall–Kier alpha value is -2.09. The first-order chi connectivity index (χ1) is 12.0. The van der Waals surface area contributed by atoms with Crippen LogP contribution in [-0.4, -0.2) is 21.2 Å². The number of thiazole rings is 1. The molecule has 5 nitrogen and oxygen atoms in total. The zero-order valence-corrected chi connectivity index (χ0v) is 16.2. The van der Waals surface area contributed by atoms with Crippen molar-refractivity contribution >= 4 is 27.5 Å². The summed E-state index contributed by atoms with van der Waals surface area (Å²) < 4.78 is 13.7. The number of aromatic nitrogens is 2. The Morgan fingerprint density at radius 3 is 2.40 bits per heavy atom. The zero-order valence-electron chi connectivity index (χ0n) is 14.5. The lowest BCUT2D eigenvalue weighted by molar-refractivity contribution is 0.678. The van der Waals surface area contributed by atoms with E-state index in [4.69, 9.17) is 5.73 Å². The van der Waals surface area contributed by atoms with Gasteiger partial charge in [-0.05, 0) is 38.6 Å². The van der Waals surface area contributed by atoms with E-state index < -0.39 is 11.0 Å². The van der Waals surface area contributed by atoms with E-state index in [0.717, 1.165) is 33.1 Å². The molecule has 3 N–H and O–H groups in total. The van der Waals surface area contributed by atoms with Crippen LogP contribution in [0.15, 0.2) is 53.6 Å². The van der Waals surface area contributed by atoms with Crippen LogP contribution in [-0.2, 0) is 17.4 Å². The van der Waals surface area contributed by atoms with Crippen LogP contribution in [0.2, 0.25) is 0 Å². The van der Waals surface area contributed by atoms with Crippen LogP contribution in [0.4, 0.5) is 5.13 Å². The van der Waals surface area contributed by atoms with Gasteiger partial charge in [0.15, 0.2) is 5.13 Å². The number of hydrogen-bond donors (Lipinski definition) is 2. The monoisotopic (exact) mass is 374 g/mol. The summed E-state index contributed by atoms with van der Waals surface area (Å²) in [7, 11) is 0.629. The summed E-state index contributed by atoms with van der Waals surface area (Å²) in [6.45, 7) is 4.06. The molecular formula is C18H22N4OS2. The second kappa shape index (κ2) is 9.41. The van der Waals surface area contributed by atoms with Crippen molar-refractivity contribution in [1.82, 2.24) is 14.7 Å². The first kappa shape index (κ1) is 19.2. The van der Waals surface area contributed by atoms with Gasteiger partial charge in [0.2, 0.25) is 0 Å². The van der Waals surface area contributed by atoms with E-state index in [1.807, 2.05) is 49.5 Å². The SMILES string of the molecule is CCc1ccc(-c2sc(N)nc2C)cn1.CNS(=O)c1ccccc1. The maximum Gasteiger partial charge on any atom is 0.180 e. The third-order valence-corrected chi connectivity index (χ3v) is 5.51. The molecule has 0 saturated heterocycles. The van der Waals surface area contributed by atoms with Crippen molar-refractivity contribution < 1.29 is 4.21 Å². The molecule has 0 aliphatic rings. The highest BCUT2D eigenvalue weighted by Gasteiger charge is 2.07. The highest BCUT2D eigenvalue weighted by atomic mass is 32.2. The molecule has 2 heterocycles. The lowest BCUT2D eigenvalue weighted by atomic mass is 10.2. The van der Waals surface area contributed by atoms with Crippen LogP contribution in [0.5, 0.6) is 0 Å². The summed E-state index contributed by atoms with van der Waals surface area (Å²) in [6.07, 6.45) is 2.85. The van der Waals surface area contributed by atoms with Crippen LogP contribution in [0.3, 0.4) is 0 Å². The smallest absolute Gasteiger partial charge is 0.180 e. The standard InChI is InChI=1S/C11H13N3S.C7H9NOS/c1-3-9-5-4-8(6-13-9)10-7(2)14-11(12)15-10;1-8-10(9)7-5-3-2-4-6-7/h4-6H,3H2,1-2H3,(H2,12,14);2-6,8H,1H3. The summed E-state index contributed by atoms with van der Waals surface area (Å²) in [5.74, 6) is 0. The Morgan fingerprint density at radius 1 is 1.20 bits per heavy atom. The Balaban J connectivity index is 0.000000196. The molecule has 0 aliphatic carbocycles. The van der Waals surface area contributed by atoms with Crippen LogP contribution < -0.4 is 10.5 Å². The lowest BCUT2D eigenvalue weighted by Crippen LogP contribution is -2.09. The minimum atomic E-state index is -1.04. The second-order valence-corrected chi connectivity index (χ2v) is 7.59. The van der Waals surface area contributed by atoms with Crippen molar-refractivity contribution in [3.63, 3.8) is 0 Å². The van der Waals surface area contributed by atoms with Gasteiger partial charge in [-0.15, -0.1) is 0 Å². The molecule has 0 radical (unpaired) electrons. The molecule has 2 aromatic heterocycles. The van der Waals surface area contributed by atoms with Crippen LogP contribution >= 0.6 is 11.3 Å². The molecule has 3 aromatic rings. The van der Waals surface area contributed by atoms with E-state index in [0.29, 0.717) is 5.13 Å². The third kappa shape index (κ3) is 5.45. The van der Waals surface area contributed by atoms with Gasteiger partial charge in [-0.2, -0.15) is 0 Å². The number of nitrogens with two attached hydrogens (primary N) is 1. The number of nitrogen functional groups attached to an aromatic ring is 1. The van der Waals surface area contributed by atoms with E-state index in [9.17, 15) is 4.21 Å². The number of nitrogens with zero attached hydrogens (tertiary/aromatic N) is 2. The molecule has 0 spiro atoms. The fourth-order valence-corrected chi connectivity index (χ4v) is 3.58. The van der Waals surface area contributed by atoms with E-state index >= 15 is 0 Å². The van der Waals surface area contributed by atoms with Gasteiger partial charge in [-0.25, -0.2) is 13.9 Å². The highest BCUT2D eigenvalue weighted by Crippen LogP contribution is 2.30. The summed E-state index contributed by atoms with van der Waals surface area (Å²) >= 11 is 1.51. The number of nitrogens with one attached hydrogen (secondary N) is 1. The van der Waals surface area contributed by atoms with Gasteiger partial charge in [0.25, 0.3) is 0 Å². The molecule has 0 saturated carbocycles. The molecule has 0 amide bonds. The average Bonchev–Trinajstić information content (AvgIpc) is 3.00. The van der Waals surface area contributed by atoms with Gasteiger partial charge < -0.3 is 5.73 Å². The maximum atomic E-state index is 11.0. The molecule has 0 fully saturated rings. The summed E-state index contributed by atoms with van der Waals surface area (Å²) in [5.41, 5.74) is 8.84. The van der Waals surface area contributed by atoms with Gasteiger partial charge in [-0.3, -0.25) is 4.98 Å². The molecule has 132 valence electrons. The molecular weight excluding hydrogens is 352 g/mol. The Labute approximate surface area is 154 Å². The van der Waals surface area contributed by atoms with E-state index in [1.165, 1.54) is 11.3 Å². The van der Waals surface area contributed by atoms with Gasteiger partial charge in [0.05, 0.1) is 15.5 Å². The predicted octanol–water partition coefficient (Wildman–Crippen LogP) is 3.59. The summed E-state index contributed by atoms with van der Waals surface area (Å²) in [5, 5.41) is 0.613. The molecule has 7 heteroatoms. The fourth-order valence-electron chi connectivity index (χ4n) is 2.12. The third-order valence-electron chi connectivity index (χ3n) is 3.40. The molecule has 3 rings (SSSR count). The number of aryl methyl sites for hydroxylation is 2. The number of benzene rings is 1. The van der Waals surface area contributed by atoms with Crippen molar-refractivity contribution in [2.45, 2.75) is 25.2 Å². The van der Waals surface area contributed by atoms with Crippen LogP contribution in [0.25, 0.3) is 10.4 Å². The molecule has 1 aromatic carbocycles. The Morgan fingerprint density at radius 2 is 1.92 bits per heavy atom. The van der Waals surface area contributed by atoms with Crippen molar-refractivity contribution in [1.29, 1.82) is 0 Å². The van der Waals surface area contributed by atoms with E-state index in [2.05, 4.69) is 27.7 Å². The molecule has 1 unspecified atom stereocenters.